The number of hydrogen-bond acceptors (Lipinski definition) is 3. The molecule has 1 saturated heterocycles. The van der Waals surface area contributed by atoms with Crippen molar-refractivity contribution in [3.05, 3.63) is 0 Å². The first-order valence-electron chi connectivity index (χ1n) is 8.57. The molecule has 2 rings (SSSR count). The maximum atomic E-state index is 3.59. The highest BCUT2D eigenvalue weighted by atomic mass is 15.0. The van der Waals surface area contributed by atoms with Crippen LogP contribution >= 0.6 is 0 Å². The van der Waals surface area contributed by atoms with E-state index >= 15 is 0 Å². The van der Waals surface area contributed by atoms with Crippen LogP contribution < -0.4 is 16.0 Å². The monoisotopic (exact) mass is 267 g/mol. The topological polar surface area (TPSA) is 36.1 Å². The maximum Gasteiger partial charge on any atom is 0.00772 e. The second-order valence-corrected chi connectivity index (χ2v) is 6.43. The smallest absolute Gasteiger partial charge is 0.00772 e. The van der Waals surface area contributed by atoms with Gasteiger partial charge in [0.05, 0.1) is 0 Å². The van der Waals surface area contributed by atoms with Crippen molar-refractivity contribution < 1.29 is 0 Å². The molecule has 2 unspecified atom stereocenters. The van der Waals surface area contributed by atoms with Gasteiger partial charge in [-0.2, -0.15) is 0 Å². The Kier molecular flexibility index (Phi) is 7.82. The molecule has 0 aromatic heterocycles. The van der Waals surface area contributed by atoms with Gasteiger partial charge >= 0.3 is 0 Å². The molecule has 1 saturated carbocycles. The van der Waals surface area contributed by atoms with Gasteiger partial charge in [-0.3, -0.25) is 0 Å². The Balaban J connectivity index is 1.69. The summed E-state index contributed by atoms with van der Waals surface area (Å²) >= 11 is 0. The van der Waals surface area contributed by atoms with Gasteiger partial charge in [-0.15, -0.1) is 0 Å². The van der Waals surface area contributed by atoms with E-state index in [4.69, 9.17) is 0 Å². The van der Waals surface area contributed by atoms with Gasteiger partial charge in [-0.25, -0.2) is 0 Å². The predicted molar refractivity (Wildman–Crippen MR) is 82.5 cm³/mol. The van der Waals surface area contributed by atoms with Crippen LogP contribution in [0.15, 0.2) is 0 Å². The lowest BCUT2D eigenvalue weighted by atomic mass is 9.78. The lowest BCUT2D eigenvalue weighted by Gasteiger charge is -2.29. The summed E-state index contributed by atoms with van der Waals surface area (Å²) in [5.74, 6) is 2.04. The van der Waals surface area contributed by atoms with Crippen LogP contribution in [-0.4, -0.2) is 39.3 Å². The fraction of sp³-hybridized carbons (Fsp3) is 1.00. The summed E-state index contributed by atoms with van der Waals surface area (Å²) < 4.78 is 0. The summed E-state index contributed by atoms with van der Waals surface area (Å²) in [5.41, 5.74) is 0. The summed E-state index contributed by atoms with van der Waals surface area (Å²) in [6.07, 6.45) is 11.6. The molecule has 2 aliphatic rings. The highest BCUT2D eigenvalue weighted by Crippen LogP contribution is 2.33. The molecule has 0 amide bonds. The quantitative estimate of drug-likeness (QED) is 0.629. The van der Waals surface area contributed by atoms with Crippen LogP contribution in [0.2, 0.25) is 0 Å². The minimum absolute atomic E-state index is 1.00. The van der Waals surface area contributed by atoms with Gasteiger partial charge in [-0.1, -0.05) is 32.1 Å². The van der Waals surface area contributed by atoms with Crippen molar-refractivity contribution in [3.63, 3.8) is 0 Å². The second-order valence-electron chi connectivity index (χ2n) is 6.43. The lowest BCUT2D eigenvalue weighted by Crippen LogP contribution is -2.34. The number of hydrogen-bond donors (Lipinski definition) is 3. The van der Waals surface area contributed by atoms with E-state index < -0.39 is 0 Å². The summed E-state index contributed by atoms with van der Waals surface area (Å²) in [6.45, 7) is 6.87. The molecule has 3 nitrogen and oxygen atoms in total. The molecule has 2 bridgehead atoms. The molecule has 2 fully saturated rings. The third-order valence-electron chi connectivity index (χ3n) is 4.79. The second kappa shape index (κ2) is 9.73. The first kappa shape index (κ1) is 15.3. The van der Waals surface area contributed by atoms with Crippen LogP contribution in [0.5, 0.6) is 0 Å². The fourth-order valence-electron chi connectivity index (χ4n) is 3.64. The first-order valence-corrected chi connectivity index (χ1v) is 8.57. The van der Waals surface area contributed by atoms with E-state index in [2.05, 4.69) is 16.0 Å². The zero-order chi connectivity index (χ0) is 13.2. The Morgan fingerprint density at radius 1 is 0.474 bits per heavy atom. The predicted octanol–water partition coefficient (Wildman–Crippen LogP) is 2.14. The van der Waals surface area contributed by atoms with E-state index in [9.17, 15) is 0 Å². The van der Waals surface area contributed by atoms with Gasteiger partial charge in [0.1, 0.15) is 0 Å². The summed E-state index contributed by atoms with van der Waals surface area (Å²) in [4.78, 5) is 0. The molecule has 1 aliphatic heterocycles. The molecular weight excluding hydrogens is 234 g/mol. The fourth-order valence-corrected chi connectivity index (χ4v) is 3.64. The van der Waals surface area contributed by atoms with Gasteiger partial charge in [0.25, 0.3) is 0 Å². The van der Waals surface area contributed by atoms with Gasteiger partial charge in [0, 0.05) is 26.2 Å². The maximum absolute atomic E-state index is 3.59. The minimum Gasteiger partial charge on any atom is -0.315 e. The van der Waals surface area contributed by atoms with E-state index in [1.54, 1.807) is 0 Å². The molecule has 3 heteroatoms. The molecule has 0 radical (unpaired) electrons. The van der Waals surface area contributed by atoms with Crippen molar-refractivity contribution in [2.75, 3.05) is 39.3 Å². The Bertz CT molecular complexity index is 200. The number of fused-ring (bicyclic) bond motifs is 2. The molecule has 19 heavy (non-hydrogen) atoms. The average molecular weight is 267 g/mol. The van der Waals surface area contributed by atoms with Crippen molar-refractivity contribution in [2.24, 2.45) is 11.8 Å². The van der Waals surface area contributed by atoms with Crippen molar-refractivity contribution in [1.29, 1.82) is 0 Å². The van der Waals surface area contributed by atoms with Crippen molar-refractivity contribution in [2.45, 2.75) is 51.4 Å². The molecule has 2 atom stereocenters. The highest BCUT2D eigenvalue weighted by molar-refractivity contribution is 4.74. The van der Waals surface area contributed by atoms with Gasteiger partial charge in [-0.05, 0) is 44.2 Å². The third kappa shape index (κ3) is 6.73. The normalized spacial score (nSPS) is 32.8. The number of rotatable bonds is 0. The molecular formula is C16H33N3. The van der Waals surface area contributed by atoms with E-state index in [1.807, 2.05) is 0 Å². The van der Waals surface area contributed by atoms with Crippen LogP contribution in [0.3, 0.4) is 0 Å². The highest BCUT2D eigenvalue weighted by Gasteiger charge is 2.21. The molecule has 0 aromatic rings. The molecule has 112 valence electrons. The molecule has 1 aliphatic carbocycles. The zero-order valence-electron chi connectivity index (χ0n) is 12.6. The molecule has 1 heterocycles. The van der Waals surface area contributed by atoms with E-state index in [0.29, 0.717) is 0 Å². The van der Waals surface area contributed by atoms with Crippen LogP contribution in [0.1, 0.15) is 51.4 Å². The van der Waals surface area contributed by atoms with Gasteiger partial charge in [0.15, 0.2) is 0 Å². The van der Waals surface area contributed by atoms with Crippen LogP contribution in [-0.2, 0) is 0 Å². The van der Waals surface area contributed by atoms with Crippen molar-refractivity contribution in [3.8, 4) is 0 Å². The largest absolute Gasteiger partial charge is 0.315 e. The van der Waals surface area contributed by atoms with Crippen molar-refractivity contribution in [1.82, 2.24) is 16.0 Å². The Morgan fingerprint density at radius 3 is 1.84 bits per heavy atom. The Hall–Kier alpha value is -0.120. The first-order chi connectivity index (χ1) is 9.45. The van der Waals surface area contributed by atoms with Crippen LogP contribution in [0.25, 0.3) is 0 Å². The minimum atomic E-state index is 1.00. The van der Waals surface area contributed by atoms with Gasteiger partial charge < -0.3 is 16.0 Å². The molecule has 3 N–H and O–H groups in total. The standard InChI is InChI=1S/C16H33N3/c1-2-8-17-10-12-19-13-11-18-9-7-16-6-3-5-15(4-1)14-16/h15-19H,1-14H2. The SMILES string of the molecule is C1CCC2CCCC(CCNCCNCCNC1)C2. The molecule has 0 spiro atoms. The summed E-state index contributed by atoms with van der Waals surface area (Å²) in [5, 5.41) is 10.6. The van der Waals surface area contributed by atoms with E-state index in [1.165, 1.54) is 64.5 Å². The number of nitrogens with one attached hydrogen (secondary N) is 3. The van der Waals surface area contributed by atoms with E-state index in [0.717, 1.165) is 38.0 Å². The summed E-state index contributed by atoms with van der Waals surface area (Å²) in [6, 6.07) is 0. The van der Waals surface area contributed by atoms with Crippen LogP contribution in [0.4, 0.5) is 0 Å². The summed E-state index contributed by atoms with van der Waals surface area (Å²) in [7, 11) is 0. The van der Waals surface area contributed by atoms with E-state index in [-0.39, 0.29) is 0 Å². The van der Waals surface area contributed by atoms with Gasteiger partial charge in [0.2, 0.25) is 0 Å². The Morgan fingerprint density at radius 2 is 1.05 bits per heavy atom. The average Bonchev–Trinajstić information content (AvgIpc) is 2.43. The Labute approximate surface area is 119 Å². The third-order valence-corrected chi connectivity index (χ3v) is 4.79. The zero-order valence-corrected chi connectivity index (χ0v) is 12.6. The lowest BCUT2D eigenvalue weighted by molar-refractivity contribution is 0.238. The van der Waals surface area contributed by atoms with Crippen LogP contribution in [0, 0.1) is 11.8 Å². The van der Waals surface area contributed by atoms with Crippen molar-refractivity contribution >= 4 is 0 Å². The molecule has 0 aromatic carbocycles.